The van der Waals surface area contributed by atoms with Crippen molar-refractivity contribution in [2.75, 3.05) is 0 Å². The number of hydrogen-bond acceptors (Lipinski definition) is 4. The third kappa shape index (κ3) is 4.40. The summed E-state index contributed by atoms with van der Waals surface area (Å²) >= 11 is 0. The van der Waals surface area contributed by atoms with Gasteiger partial charge in [0.05, 0.1) is 0 Å². The lowest BCUT2D eigenvalue weighted by Gasteiger charge is -2.13. The van der Waals surface area contributed by atoms with E-state index in [1.165, 1.54) is 5.56 Å². The van der Waals surface area contributed by atoms with Gasteiger partial charge in [0.25, 0.3) is 0 Å². The van der Waals surface area contributed by atoms with Crippen LogP contribution in [0.15, 0.2) is 84.9 Å². The van der Waals surface area contributed by atoms with Crippen LogP contribution in [0.1, 0.15) is 22.3 Å². The first-order valence-electron chi connectivity index (χ1n) is 10.8. The van der Waals surface area contributed by atoms with Gasteiger partial charge in [0.1, 0.15) is 11.5 Å². The number of benzene rings is 4. The Bertz CT molecular complexity index is 1230. The Morgan fingerprint density at radius 3 is 1.84 bits per heavy atom. The van der Waals surface area contributed by atoms with E-state index < -0.39 is 0 Å². The molecule has 4 nitrogen and oxygen atoms in total. The third-order valence-electron chi connectivity index (χ3n) is 5.78. The maximum Gasteiger partial charge on any atom is 0.172 e. The predicted octanol–water partition coefficient (Wildman–Crippen LogP) is 6.57. The molecule has 4 aromatic carbocycles. The van der Waals surface area contributed by atoms with Crippen LogP contribution >= 0.6 is 0 Å². The van der Waals surface area contributed by atoms with Crippen molar-refractivity contribution in [3.05, 3.63) is 107 Å². The van der Waals surface area contributed by atoms with E-state index >= 15 is 0 Å². The molecule has 4 heterocycles. The summed E-state index contributed by atoms with van der Waals surface area (Å²) < 4.78 is 12.0. The monoisotopic (exact) mass is 424 g/mol. The molecule has 0 fully saturated rings. The molecule has 0 aromatic heterocycles. The molecule has 2 N–H and O–H groups in total. The van der Waals surface area contributed by atoms with Crippen molar-refractivity contribution >= 4 is 0 Å². The molecule has 160 valence electrons. The van der Waals surface area contributed by atoms with Crippen LogP contribution in [0.5, 0.6) is 34.5 Å². The fourth-order valence-corrected chi connectivity index (χ4v) is 3.94. The van der Waals surface area contributed by atoms with E-state index in [0.29, 0.717) is 23.0 Å². The molecular formula is C28H24O4. The van der Waals surface area contributed by atoms with Gasteiger partial charge in [-0.25, -0.2) is 0 Å². The number of aryl methyl sites for hydroxylation is 4. The highest BCUT2D eigenvalue weighted by Crippen LogP contribution is 2.36. The number of phenolic OH excluding ortho intramolecular Hbond substituents is 2. The van der Waals surface area contributed by atoms with Crippen molar-refractivity contribution in [2.24, 2.45) is 0 Å². The number of aromatic hydroxyl groups is 2. The van der Waals surface area contributed by atoms with Crippen LogP contribution in [0, 0.1) is 0 Å². The smallest absolute Gasteiger partial charge is 0.172 e. The summed E-state index contributed by atoms with van der Waals surface area (Å²) in [6, 6.07) is 26.8. The summed E-state index contributed by atoms with van der Waals surface area (Å²) in [5.41, 5.74) is 4.37. The predicted molar refractivity (Wildman–Crippen MR) is 124 cm³/mol. The van der Waals surface area contributed by atoms with E-state index in [2.05, 4.69) is 0 Å². The summed E-state index contributed by atoms with van der Waals surface area (Å²) in [4.78, 5) is 0. The van der Waals surface area contributed by atoms with E-state index in [9.17, 15) is 10.2 Å². The van der Waals surface area contributed by atoms with Crippen molar-refractivity contribution in [1.29, 1.82) is 0 Å². The Morgan fingerprint density at radius 2 is 1.12 bits per heavy atom. The van der Waals surface area contributed by atoms with Crippen LogP contribution in [0.2, 0.25) is 0 Å². The van der Waals surface area contributed by atoms with E-state index in [1.54, 1.807) is 12.1 Å². The average Bonchev–Trinajstić information content (AvgIpc) is 2.81. The third-order valence-corrected chi connectivity index (χ3v) is 5.78. The quantitative estimate of drug-likeness (QED) is 0.335. The van der Waals surface area contributed by atoms with Crippen LogP contribution in [0.25, 0.3) is 0 Å². The summed E-state index contributed by atoms with van der Waals surface area (Å²) in [5, 5.41) is 20.7. The highest BCUT2D eigenvalue weighted by molar-refractivity contribution is 5.49. The normalized spacial score (nSPS) is 13.2. The first kappa shape index (κ1) is 20.0. The second kappa shape index (κ2) is 8.67. The Hall–Kier alpha value is -3.92. The minimum Gasteiger partial charge on any atom is -0.504 e. The lowest BCUT2D eigenvalue weighted by atomic mass is 10.0. The molecule has 0 aliphatic carbocycles. The summed E-state index contributed by atoms with van der Waals surface area (Å²) in [7, 11) is 0. The average molecular weight is 424 g/mol. The van der Waals surface area contributed by atoms with Crippen LogP contribution < -0.4 is 9.47 Å². The minimum atomic E-state index is 0.127. The van der Waals surface area contributed by atoms with Gasteiger partial charge in [-0.3, -0.25) is 0 Å². The van der Waals surface area contributed by atoms with Gasteiger partial charge in [0, 0.05) is 0 Å². The van der Waals surface area contributed by atoms with Crippen LogP contribution in [-0.2, 0) is 25.7 Å². The molecule has 4 aliphatic heterocycles. The maximum absolute atomic E-state index is 10.4. The molecule has 0 amide bonds. The van der Waals surface area contributed by atoms with Gasteiger partial charge in [-0.1, -0.05) is 42.5 Å². The van der Waals surface area contributed by atoms with Gasteiger partial charge in [-0.2, -0.15) is 0 Å². The Morgan fingerprint density at radius 1 is 0.531 bits per heavy atom. The SMILES string of the molecule is Oc1ccc2cc1Oc1ccc(cc1)CCc1cccc(O)c1Oc1ccc(cc1)CC2. The largest absolute Gasteiger partial charge is 0.504 e. The van der Waals surface area contributed by atoms with E-state index in [-0.39, 0.29) is 11.5 Å². The lowest BCUT2D eigenvalue weighted by molar-refractivity contribution is 0.407. The topological polar surface area (TPSA) is 58.9 Å². The molecule has 0 radical (unpaired) electrons. The fraction of sp³-hybridized carbons (Fsp3) is 0.143. The summed E-state index contributed by atoms with van der Waals surface area (Å²) in [5.74, 6) is 2.60. The van der Waals surface area contributed by atoms with Crippen molar-refractivity contribution in [2.45, 2.75) is 25.7 Å². The zero-order chi connectivity index (χ0) is 21.9. The highest BCUT2D eigenvalue weighted by atomic mass is 16.5. The number of hydrogen-bond donors (Lipinski definition) is 2. The standard InChI is InChI=1S/C28H24O4/c29-25-17-11-21-5-4-19-9-15-24(16-10-19)32-28-22(2-1-3-26(28)30)12-6-20-7-13-23(14-8-20)31-27(25)18-21/h1-3,7-11,13-18,29-30H,4-6,12H2. The second-order valence-electron chi connectivity index (χ2n) is 8.06. The molecule has 0 unspecified atom stereocenters. The molecule has 0 saturated heterocycles. The van der Waals surface area contributed by atoms with Crippen molar-refractivity contribution in [3.63, 3.8) is 0 Å². The number of rotatable bonds is 0. The molecule has 0 saturated carbocycles. The van der Waals surface area contributed by atoms with E-state index in [1.807, 2.05) is 72.8 Å². The Labute approximate surface area is 187 Å². The molecule has 0 atom stereocenters. The molecule has 8 rings (SSSR count). The van der Waals surface area contributed by atoms with E-state index in [0.717, 1.165) is 42.4 Å². The first-order valence-corrected chi connectivity index (χ1v) is 10.8. The van der Waals surface area contributed by atoms with Crippen molar-refractivity contribution < 1.29 is 19.7 Å². The lowest BCUT2D eigenvalue weighted by Crippen LogP contribution is -1.96. The van der Waals surface area contributed by atoms with Crippen molar-refractivity contribution in [1.82, 2.24) is 0 Å². The van der Waals surface area contributed by atoms with E-state index in [4.69, 9.17) is 9.47 Å². The molecule has 4 aliphatic rings. The fourth-order valence-electron chi connectivity index (χ4n) is 3.94. The first-order chi connectivity index (χ1) is 15.6. The highest BCUT2D eigenvalue weighted by Gasteiger charge is 2.12. The van der Waals surface area contributed by atoms with Crippen LogP contribution in [0.4, 0.5) is 0 Å². The summed E-state index contributed by atoms with van der Waals surface area (Å²) in [6.07, 6.45) is 3.19. The maximum atomic E-state index is 10.4. The second-order valence-corrected chi connectivity index (χ2v) is 8.06. The van der Waals surface area contributed by atoms with Crippen LogP contribution in [0.3, 0.4) is 0 Å². The molecule has 32 heavy (non-hydrogen) atoms. The van der Waals surface area contributed by atoms with Crippen molar-refractivity contribution in [3.8, 4) is 34.5 Å². The van der Waals surface area contributed by atoms with Gasteiger partial charge < -0.3 is 19.7 Å². The van der Waals surface area contributed by atoms with Crippen LogP contribution in [-0.4, -0.2) is 10.2 Å². The number of ether oxygens (including phenoxy) is 2. The number of para-hydroxylation sites is 1. The van der Waals surface area contributed by atoms with Gasteiger partial charge >= 0.3 is 0 Å². The Kier molecular flexibility index (Phi) is 5.42. The number of phenols is 2. The zero-order valence-electron chi connectivity index (χ0n) is 17.6. The molecule has 4 heteroatoms. The van der Waals surface area contributed by atoms with Gasteiger partial charge in [0.15, 0.2) is 23.0 Å². The molecule has 6 bridgehead atoms. The zero-order valence-corrected chi connectivity index (χ0v) is 17.6. The minimum absolute atomic E-state index is 0.127. The molecular weight excluding hydrogens is 400 g/mol. The van der Waals surface area contributed by atoms with Gasteiger partial charge in [-0.15, -0.1) is 0 Å². The van der Waals surface area contributed by atoms with Gasteiger partial charge in [0.2, 0.25) is 0 Å². The summed E-state index contributed by atoms with van der Waals surface area (Å²) in [6.45, 7) is 0. The van der Waals surface area contributed by atoms with Gasteiger partial charge in [-0.05, 0) is 90.4 Å². The molecule has 0 spiro atoms. The Balaban J connectivity index is 1.52. The molecule has 4 aromatic rings.